The van der Waals surface area contributed by atoms with Crippen LogP contribution in [0.25, 0.3) is 0 Å². The smallest absolute Gasteiger partial charge is 0.410 e. The molecule has 1 aliphatic rings. The lowest BCUT2D eigenvalue weighted by Crippen LogP contribution is -2.50. The number of hydrogen-bond donors (Lipinski definition) is 0. The molecule has 1 saturated heterocycles. The Labute approximate surface area is 123 Å². The predicted molar refractivity (Wildman–Crippen MR) is 79.4 cm³/mol. The molecule has 3 nitrogen and oxygen atoms in total. The number of benzene rings is 1. The van der Waals surface area contributed by atoms with Crippen molar-refractivity contribution in [1.29, 1.82) is 0 Å². The highest BCUT2D eigenvalue weighted by Gasteiger charge is 2.34. The molecule has 1 amide bonds. The molecule has 19 heavy (non-hydrogen) atoms. The third-order valence-electron chi connectivity index (χ3n) is 3.20. The molecule has 0 atom stereocenters. The van der Waals surface area contributed by atoms with Gasteiger partial charge in [0.1, 0.15) is 5.60 Å². The number of aryl methyl sites for hydroxylation is 1. The summed E-state index contributed by atoms with van der Waals surface area (Å²) in [6.45, 7) is 9.22. The van der Waals surface area contributed by atoms with Gasteiger partial charge in [-0.15, -0.1) is 0 Å². The summed E-state index contributed by atoms with van der Waals surface area (Å²) < 4.78 is 6.47. The molecule has 2 rings (SSSR count). The summed E-state index contributed by atoms with van der Waals surface area (Å²) in [5.41, 5.74) is 2.08. The molecule has 1 aliphatic heterocycles. The van der Waals surface area contributed by atoms with Gasteiger partial charge in [0.2, 0.25) is 0 Å². The van der Waals surface area contributed by atoms with Gasteiger partial charge in [-0.05, 0) is 44.9 Å². The van der Waals surface area contributed by atoms with Crippen molar-refractivity contribution in [2.75, 3.05) is 13.1 Å². The zero-order chi connectivity index (χ0) is 14.2. The van der Waals surface area contributed by atoms with Gasteiger partial charge in [0.25, 0.3) is 0 Å². The lowest BCUT2D eigenvalue weighted by atomic mass is 9.91. The van der Waals surface area contributed by atoms with E-state index < -0.39 is 5.60 Å². The monoisotopic (exact) mass is 325 g/mol. The number of likely N-dealkylation sites (tertiary alicyclic amines) is 1. The van der Waals surface area contributed by atoms with Crippen molar-refractivity contribution < 1.29 is 9.53 Å². The van der Waals surface area contributed by atoms with Gasteiger partial charge in [-0.1, -0.05) is 28.1 Å². The van der Waals surface area contributed by atoms with Crippen LogP contribution in [0.2, 0.25) is 0 Å². The Kier molecular flexibility index (Phi) is 3.90. The number of halogens is 1. The van der Waals surface area contributed by atoms with Gasteiger partial charge in [-0.3, -0.25) is 0 Å². The minimum atomic E-state index is -0.422. The highest BCUT2D eigenvalue weighted by molar-refractivity contribution is 9.10. The van der Waals surface area contributed by atoms with E-state index in [0.717, 1.165) is 17.6 Å². The average molecular weight is 326 g/mol. The molecule has 0 N–H and O–H groups in total. The van der Waals surface area contributed by atoms with Crippen molar-refractivity contribution in [2.24, 2.45) is 0 Å². The molecule has 0 spiro atoms. The second-order valence-electron chi connectivity index (χ2n) is 6.09. The highest BCUT2D eigenvalue weighted by atomic mass is 79.9. The highest BCUT2D eigenvalue weighted by Crippen LogP contribution is 2.30. The van der Waals surface area contributed by atoms with Gasteiger partial charge >= 0.3 is 6.09 Å². The Balaban J connectivity index is 1.92. The zero-order valence-corrected chi connectivity index (χ0v) is 13.5. The first-order chi connectivity index (χ1) is 8.76. The summed E-state index contributed by atoms with van der Waals surface area (Å²) in [5, 5.41) is 0. The van der Waals surface area contributed by atoms with Gasteiger partial charge in [0, 0.05) is 23.5 Å². The minimum Gasteiger partial charge on any atom is -0.444 e. The number of hydrogen-bond acceptors (Lipinski definition) is 2. The van der Waals surface area contributed by atoms with Crippen LogP contribution >= 0.6 is 15.9 Å². The molecule has 0 aliphatic carbocycles. The largest absolute Gasteiger partial charge is 0.444 e. The molecule has 4 heteroatoms. The van der Waals surface area contributed by atoms with Crippen LogP contribution in [0, 0.1) is 6.92 Å². The fourth-order valence-corrected chi connectivity index (χ4v) is 2.42. The molecular formula is C15H20BrNO2. The van der Waals surface area contributed by atoms with E-state index in [1.807, 2.05) is 20.8 Å². The summed E-state index contributed by atoms with van der Waals surface area (Å²) in [5.74, 6) is 0.421. The summed E-state index contributed by atoms with van der Waals surface area (Å²) in [6.07, 6.45) is -0.213. The summed E-state index contributed by atoms with van der Waals surface area (Å²) in [4.78, 5) is 13.6. The van der Waals surface area contributed by atoms with Crippen molar-refractivity contribution in [3.05, 3.63) is 33.8 Å². The predicted octanol–water partition coefficient (Wildman–Crippen LogP) is 4.09. The fraction of sp³-hybridized carbons (Fsp3) is 0.533. The maximum Gasteiger partial charge on any atom is 0.410 e. The second-order valence-corrected chi connectivity index (χ2v) is 6.95. The molecule has 1 heterocycles. The SMILES string of the molecule is Cc1ccc(C2CN(C(=O)OC(C)(C)C)C2)cc1Br. The van der Waals surface area contributed by atoms with Crippen molar-refractivity contribution in [3.8, 4) is 0 Å². The second kappa shape index (κ2) is 5.16. The topological polar surface area (TPSA) is 29.5 Å². The fourth-order valence-electron chi connectivity index (χ4n) is 2.03. The summed E-state index contributed by atoms with van der Waals surface area (Å²) >= 11 is 3.55. The van der Waals surface area contributed by atoms with E-state index in [1.165, 1.54) is 11.1 Å². The van der Waals surface area contributed by atoms with Gasteiger partial charge in [0.15, 0.2) is 0 Å². The van der Waals surface area contributed by atoms with E-state index in [4.69, 9.17) is 4.74 Å². The first-order valence-corrected chi connectivity index (χ1v) is 7.29. The Hall–Kier alpha value is -1.03. The van der Waals surface area contributed by atoms with E-state index in [2.05, 4.69) is 41.1 Å². The zero-order valence-electron chi connectivity index (χ0n) is 11.9. The van der Waals surface area contributed by atoms with E-state index in [1.54, 1.807) is 4.90 Å². The average Bonchev–Trinajstić information content (AvgIpc) is 2.18. The van der Waals surface area contributed by atoms with Gasteiger partial charge in [-0.2, -0.15) is 0 Å². The van der Waals surface area contributed by atoms with Crippen molar-refractivity contribution in [3.63, 3.8) is 0 Å². The van der Waals surface area contributed by atoms with Crippen molar-refractivity contribution >= 4 is 22.0 Å². The first kappa shape index (κ1) is 14.4. The van der Waals surface area contributed by atoms with Crippen LogP contribution in [-0.2, 0) is 4.74 Å². The van der Waals surface area contributed by atoms with Crippen molar-refractivity contribution in [1.82, 2.24) is 4.90 Å². The van der Waals surface area contributed by atoms with E-state index in [-0.39, 0.29) is 6.09 Å². The number of carbonyl (C=O) groups excluding carboxylic acids is 1. The molecule has 0 radical (unpaired) electrons. The van der Waals surface area contributed by atoms with Crippen LogP contribution in [0.5, 0.6) is 0 Å². The lowest BCUT2D eigenvalue weighted by Gasteiger charge is -2.40. The lowest BCUT2D eigenvalue weighted by molar-refractivity contribution is 0.00819. The molecule has 1 aromatic rings. The first-order valence-electron chi connectivity index (χ1n) is 6.50. The molecule has 104 valence electrons. The third kappa shape index (κ3) is 3.50. The number of ether oxygens (including phenoxy) is 1. The van der Waals surface area contributed by atoms with Gasteiger partial charge in [0.05, 0.1) is 0 Å². The number of amides is 1. The molecular weight excluding hydrogens is 306 g/mol. The molecule has 0 saturated carbocycles. The van der Waals surface area contributed by atoms with Crippen LogP contribution in [0.3, 0.4) is 0 Å². The Morgan fingerprint density at radius 1 is 1.37 bits per heavy atom. The normalized spacial score (nSPS) is 16.2. The Morgan fingerprint density at radius 2 is 2.00 bits per heavy atom. The third-order valence-corrected chi connectivity index (χ3v) is 4.05. The van der Waals surface area contributed by atoms with Crippen LogP contribution in [0.15, 0.2) is 22.7 Å². The maximum absolute atomic E-state index is 11.8. The quantitative estimate of drug-likeness (QED) is 0.778. The number of nitrogens with zero attached hydrogens (tertiary/aromatic N) is 1. The maximum atomic E-state index is 11.8. The molecule has 0 bridgehead atoms. The Morgan fingerprint density at radius 3 is 2.53 bits per heavy atom. The van der Waals surface area contributed by atoms with E-state index >= 15 is 0 Å². The van der Waals surface area contributed by atoms with E-state index in [0.29, 0.717) is 5.92 Å². The van der Waals surface area contributed by atoms with Crippen LogP contribution in [0.4, 0.5) is 4.79 Å². The van der Waals surface area contributed by atoms with Crippen LogP contribution in [-0.4, -0.2) is 29.7 Å². The van der Waals surface area contributed by atoms with Crippen LogP contribution in [0.1, 0.15) is 37.8 Å². The number of carbonyl (C=O) groups is 1. The van der Waals surface area contributed by atoms with Gasteiger partial charge in [-0.25, -0.2) is 4.79 Å². The summed E-state index contributed by atoms with van der Waals surface area (Å²) in [7, 11) is 0. The molecule has 1 aromatic carbocycles. The molecule has 0 aromatic heterocycles. The number of rotatable bonds is 1. The van der Waals surface area contributed by atoms with Gasteiger partial charge < -0.3 is 9.64 Å². The van der Waals surface area contributed by atoms with Crippen LogP contribution < -0.4 is 0 Å². The molecule has 1 fully saturated rings. The minimum absolute atomic E-state index is 0.213. The van der Waals surface area contributed by atoms with Crippen molar-refractivity contribution in [2.45, 2.75) is 39.2 Å². The molecule has 0 unspecified atom stereocenters. The Bertz CT molecular complexity index is 487. The summed E-state index contributed by atoms with van der Waals surface area (Å²) in [6, 6.07) is 6.39. The van der Waals surface area contributed by atoms with E-state index in [9.17, 15) is 4.79 Å². The standard InChI is InChI=1S/C15H20BrNO2/c1-10-5-6-11(7-13(10)16)12-8-17(9-12)14(18)19-15(2,3)4/h5-7,12H,8-9H2,1-4H3.